The zero-order valence-corrected chi connectivity index (χ0v) is 13.3. The molecule has 0 spiro atoms. The van der Waals surface area contributed by atoms with Crippen molar-refractivity contribution in [2.45, 2.75) is 50.1 Å². The van der Waals surface area contributed by atoms with Crippen molar-refractivity contribution >= 4 is 11.8 Å². The number of carbonyl (C=O) groups is 2. The van der Waals surface area contributed by atoms with Crippen LogP contribution in [0.25, 0.3) is 0 Å². The van der Waals surface area contributed by atoms with Crippen LogP contribution in [0.15, 0.2) is 18.2 Å². The van der Waals surface area contributed by atoms with E-state index in [0.29, 0.717) is 18.9 Å². The monoisotopic (exact) mass is 359 g/mol. The first kappa shape index (κ1) is 17.7. The lowest BCUT2D eigenvalue weighted by atomic mass is 10.0. The average molecular weight is 359 g/mol. The maximum absolute atomic E-state index is 14.2. The van der Waals surface area contributed by atoms with Crippen LogP contribution in [-0.4, -0.2) is 24.0 Å². The second-order valence-corrected chi connectivity index (χ2v) is 6.48. The molecule has 0 radical (unpaired) electrons. The van der Waals surface area contributed by atoms with Gasteiger partial charge in [0.1, 0.15) is 5.82 Å². The van der Waals surface area contributed by atoms with Gasteiger partial charge in [-0.2, -0.15) is 13.2 Å². The highest BCUT2D eigenvalue weighted by atomic mass is 19.4. The Hall–Kier alpha value is -2.16. The van der Waals surface area contributed by atoms with E-state index in [1.54, 1.807) is 6.92 Å². The predicted molar refractivity (Wildman–Crippen MR) is 79.6 cm³/mol. The van der Waals surface area contributed by atoms with Crippen LogP contribution in [0.5, 0.6) is 0 Å². The van der Waals surface area contributed by atoms with E-state index in [2.05, 4.69) is 16.0 Å². The summed E-state index contributed by atoms with van der Waals surface area (Å²) in [6, 6.07) is 1.54. The number of carbonyl (C=O) groups excluding carboxylic acids is 2. The Morgan fingerprint density at radius 1 is 1.32 bits per heavy atom. The van der Waals surface area contributed by atoms with Crippen LogP contribution in [0.2, 0.25) is 0 Å². The standard InChI is InChI=1S/C16H17F4N3O2/c1-8-21-12(7-13(24)22-8)14(25)23-15(4-5-15)10-3-2-9(6-11(10)17)16(18,19)20/h2-3,6,8,12,21H,4-5,7H2,1H3,(H,22,24)(H,23,25). The second-order valence-electron chi connectivity index (χ2n) is 6.48. The van der Waals surface area contributed by atoms with Crippen molar-refractivity contribution in [3.63, 3.8) is 0 Å². The van der Waals surface area contributed by atoms with E-state index in [1.807, 2.05) is 0 Å². The molecule has 1 aliphatic carbocycles. The molecule has 2 unspecified atom stereocenters. The zero-order chi connectivity index (χ0) is 18.4. The molecule has 25 heavy (non-hydrogen) atoms. The van der Waals surface area contributed by atoms with E-state index in [-0.39, 0.29) is 24.1 Å². The number of amides is 2. The van der Waals surface area contributed by atoms with Crippen molar-refractivity contribution in [1.82, 2.24) is 16.0 Å². The minimum absolute atomic E-state index is 0.0298. The third-order valence-electron chi connectivity index (χ3n) is 4.46. The van der Waals surface area contributed by atoms with Gasteiger partial charge in [0.25, 0.3) is 0 Å². The number of halogens is 4. The zero-order valence-electron chi connectivity index (χ0n) is 13.3. The number of benzene rings is 1. The summed E-state index contributed by atoms with van der Waals surface area (Å²) < 4.78 is 52.2. The molecule has 9 heteroatoms. The van der Waals surface area contributed by atoms with Gasteiger partial charge in [-0.3, -0.25) is 14.9 Å². The Morgan fingerprint density at radius 3 is 2.52 bits per heavy atom. The summed E-state index contributed by atoms with van der Waals surface area (Å²) in [5.74, 6) is -1.76. The molecule has 3 rings (SSSR count). The van der Waals surface area contributed by atoms with Crippen molar-refractivity contribution in [1.29, 1.82) is 0 Å². The van der Waals surface area contributed by atoms with Gasteiger partial charge in [-0.1, -0.05) is 6.07 Å². The molecular weight excluding hydrogens is 342 g/mol. The predicted octanol–water partition coefficient (Wildman–Crippen LogP) is 1.77. The molecule has 2 amide bonds. The highest BCUT2D eigenvalue weighted by molar-refractivity contribution is 5.90. The molecule has 1 saturated heterocycles. The van der Waals surface area contributed by atoms with E-state index < -0.39 is 35.0 Å². The van der Waals surface area contributed by atoms with Gasteiger partial charge in [0.05, 0.1) is 29.7 Å². The molecule has 2 atom stereocenters. The second kappa shape index (κ2) is 5.98. The smallest absolute Gasteiger partial charge is 0.345 e. The van der Waals surface area contributed by atoms with Gasteiger partial charge in [0, 0.05) is 5.56 Å². The van der Waals surface area contributed by atoms with Crippen LogP contribution in [0.3, 0.4) is 0 Å². The topological polar surface area (TPSA) is 70.2 Å². The lowest BCUT2D eigenvalue weighted by Crippen LogP contribution is -2.60. The molecule has 1 saturated carbocycles. The SMILES string of the molecule is CC1NC(=O)CC(C(=O)NC2(c3ccc(C(F)(F)F)cc3F)CC2)N1. The molecular formula is C16H17F4N3O2. The summed E-state index contributed by atoms with van der Waals surface area (Å²) >= 11 is 0. The number of hydrogen-bond acceptors (Lipinski definition) is 3. The molecule has 136 valence electrons. The highest BCUT2D eigenvalue weighted by Gasteiger charge is 2.49. The molecule has 1 aromatic rings. The Labute approximate surface area is 141 Å². The average Bonchev–Trinajstić information content (AvgIpc) is 3.25. The van der Waals surface area contributed by atoms with Crippen LogP contribution in [-0.2, 0) is 21.3 Å². The first-order valence-corrected chi connectivity index (χ1v) is 7.85. The largest absolute Gasteiger partial charge is 0.416 e. The Morgan fingerprint density at radius 2 is 2.00 bits per heavy atom. The summed E-state index contributed by atoms with van der Waals surface area (Å²) in [7, 11) is 0. The lowest BCUT2D eigenvalue weighted by Gasteiger charge is -2.30. The van der Waals surface area contributed by atoms with Crippen molar-refractivity contribution in [2.75, 3.05) is 0 Å². The van der Waals surface area contributed by atoms with E-state index in [4.69, 9.17) is 0 Å². The normalized spacial score (nSPS) is 25.2. The third kappa shape index (κ3) is 3.60. The minimum Gasteiger partial charge on any atom is -0.345 e. The molecule has 2 aliphatic rings. The van der Waals surface area contributed by atoms with Crippen molar-refractivity contribution in [2.24, 2.45) is 0 Å². The van der Waals surface area contributed by atoms with Crippen LogP contribution in [0.4, 0.5) is 17.6 Å². The number of hydrogen-bond donors (Lipinski definition) is 3. The summed E-state index contributed by atoms with van der Waals surface area (Å²) in [6.45, 7) is 1.68. The van der Waals surface area contributed by atoms with Crippen LogP contribution in [0.1, 0.15) is 37.3 Å². The number of rotatable bonds is 3. The Kier molecular flexibility index (Phi) is 4.22. The summed E-state index contributed by atoms with van der Waals surface area (Å²) in [4.78, 5) is 23.9. The fraction of sp³-hybridized carbons (Fsp3) is 0.500. The molecule has 0 aromatic heterocycles. The van der Waals surface area contributed by atoms with Gasteiger partial charge in [0.15, 0.2) is 0 Å². The summed E-state index contributed by atoms with van der Waals surface area (Å²) in [5.41, 5.74) is -2.05. The van der Waals surface area contributed by atoms with E-state index >= 15 is 0 Å². The van der Waals surface area contributed by atoms with E-state index in [1.165, 1.54) is 0 Å². The molecule has 0 bridgehead atoms. The maximum Gasteiger partial charge on any atom is 0.416 e. The van der Waals surface area contributed by atoms with Gasteiger partial charge in [0.2, 0.25) is 11.8 Å². The lowest BCUT2D eigenvalue weighted by molar-refractivity contribution is -0.137. The molecule has 1 aliphatic heterocycles. The Bertz CT molecular complexity index is 716. The fourth-order valence-electron chi connectivity index (χ4n) is 3.05. The van der Waals surface area contributed by atoms with Gasteiger partial charge < -0.3 is 10.6 Å². The molecule has 1 aromatic carbocycles. The van der Waals surface area contributed by atoms with Gasteiger partial charge in [-0.15, -0.1) is 0 Å². The third-order valence-corrected chi connectivity index (χ3v) is 4.46. The summed E-state index contributed by atoms with van der Waals surface area (Å²) in [5, 5.41) is 8.20. The van der Waals surface area contributed by atoms with E-state index in [0.717, 1.165) is 12.1 Å². The van der Waals surface area contributed by atoms with E-state index in [9.17, 15) is 27.2 Å². The van der Waals surface area contributed by atoms with Crippen molar-refractivity contribution in [3.8, 4) is 0 Å². The maximum atomic E-state index is 14.2. The van der Waals surface area contributed by atoms with Crippen LogP contribution < -0.4 is 16.0 Å². The van der Waals surface area contributed by atoms with Gasteiger partial charge in [-0.25, -0.2) is 4.39 Å². The molecule has 5 nitrogen and oxygen atoms in total. The fourth-order valence-corrected chi connectivity index (χ4v) is 3.05. The number of nitrogens with one attached hydrogen (secondary N) is 3. The van der Waals surface area contributed by atoms with Crippen LogP contribution >= 0.6 is 0 Å². The van der Waals surface area contributed by atoms with Crippen LogP contribution in [0, 0.1) is 5.82 Å². The molecule has 1 heterocycles. The summed E-state index contributed by atoms with van der Waals surface area (Å²) in [6.07, 6.45) is -4.21. The Balaban J connectivity index is 1.77. The number of alkyl halides is 3. The van der Waals surface area contributed by atoms with Crippen molar-refractivity contribution in [3.05, 3.63) is 35.1 Å². The quantitative estimate of drug-likeness (QED) is 0.721. The first-order valence-electron chi connectivity index (χ1n) is 7.85. The molecule has 2 fully saturated rings. The minimum atomic E-state index is -4.63. The van der Waals surface area contributed by atoms with Gasteiger partial charge >= 0.3 is 6.18 Å². The molecule has 3 N–H and O–H groups in total. The first-order chi connectivity index (χ1) is 11.6. The highest BCUT2D eigenvalue weighted by Crippen LogP contribution is 2.47. The van der Waals surface area contributed by atoms with Gasteiger partial charge in [-0.05, 0) is 31.9 Å². The van der Waals surface area contributed by atoms with Crippen molar-refractivity contribution < 1.29 is 27.2 Å².